The Hall–Kier alpha value is -1.97. The van der Waals surface area contributed by atoms with Gasteiger partial charge in [-0.3, -0.25) is 0 Å². The van der Waals surface area contributed by atoms with E-state index in [4.69, 9.17) is 0 Å². The summed E-state index contributed by atoms with van der Waals surface area (Å²) in [5.41, 5.74) is 4.48. The molecule has 0 aromatic heterocycles. The molecule has 0 unspecified atom stereocenters. The first-order valence-corrected chi connectivity index (χ1v) is 12.2. The Balaban J connectivity index is 1.38. The summed E-state index contributed by atoms with van der Waals surface area (Å²) >= 11 is 10.7. The van der Waals surface area contributed by atoms with Gasteiger partial charge in [0.15, 0.2) is 0 Å². The topological polar surface area (TPSA) is 44.4 Å². The summed E-state index contributed by atoms with van der Waals surface area (Å²) in [6.45, 7) is 2.01. The Morgan fingerprint density at radius 3 is 2.44 bits per heavy atom. The number of benzene rings is 3. The fourth-order valence-corrected chi connectivity index (χ4v) is 5.17. The second kappa shape index (κ2) is 9.89. The van der Waals surface area contributed by atoms with E-state index in [9.17, 15) is 13.6 Å². The van der Waals surface area contributed by atoms with Gasteiger partial charge in [-0.25, -0.2) is 13.6 Å². The molecule has 2 N–H and O–H groups in total. The lowest BCUT2D eigenvalue weighted by atomic mass is 10.1. The second-order valence-corrected chi connectivity index (χ2v) is 9.94. The third-order valence-electron chi connectivity index (χ3n) is 5.19. The zero-order chi connectivity index (χ0) is 22.8. The third-order valence-corrected chi connectivity index (χ3v) is 8.35. The molecule has 3 aromatic carbocycles. The van der Waals surface area contributed by atoms with Gasteiger partial charge in [0.1, 0.15) is 11.6 Å². The number of urea groups is 1. The normalized spacial score (nSPS) is 12.6. The van der Waals surface area contributed by atoms with Crippen molar-refractivity contribution < 1.29 is 13.6 Å². The van der Waals surface area contributed by atoms with Gasteiger partial charge in [-0.05, 0) is 101 Å². The smallest absolute Gasteiger partial charge is 0.319 e. The van der Waals surface area contributed by atoms with E-state index in [1.807, 2.05) is 6.07 Å². The number of rotatable bonds is 5. The number of anilines is 2. The molecular formula is C23H18Br3F2N3O. The van der Waals surface area contributed by atoms with Crippen LogP contribution in [-0.2, 0) is 19.5 Å². The van der Waals surface area contributed by atoms with E-state index >= 15 is 0 Å². The van der Waals surface area contributed by atoms with Crippen molar-refractivity contribution in [3.05, 3.63) is 90.3 Å². The molecular weight excluding hydrogens is 612 g/mol. The highest BCUT2D eigenvalue weighted by Gasteiger charge is 2.20. The van der Waals surface area contributed by atoms with Crippen LogP contribution in [0.1, 0.15) is 16.7 Å². The molecule has 0 saturated carbocycles. The predicted molar refractivity (Wildman–Crippen MR) is 133 cm³/mol. The highest BCUT2D eigenvalue weighted by Crippen LogP contribution is 2.35. The fraction of sp³-hybridized carbons (Fsp3) is 0.174. The number of fused-ring (bicyclic) bond motifs is 1. The number of carbonyl (C=O) groups is 1. The lowest BCUT2D eigenvalue weighted by Crippen LogP contribution is -2.28. The van der Waals surface area contributed by atoms with Crippen LogP contribution in [0.5, 0.6) is 0 Å². The number of halogens is 5. The van der Waals surface area contributed by atoms with Crippen molar-refractivity contribution in [2.75, 3.05) is 16.8 Å². The van der Waals surface area contributed by atoms with Crippen LogP contribution in [0, 0.1) is 11.6 Å². The molecule has 0 atom stereocenters. The molecule has 1 aliphatic heterocycles. The van der Waals surface area contributed by atoms with Gasteiger partial charge in [-0.1, -0.05) is 12.1 Å². The van der Waals surface area contributed by atoms with E-state index in [-0.39, 0.29) is 5.69 Å². The highest BCUT2D eigenvalue weighted by molar-refractivity contribution is 9.14. The number of hydrogen-bond donors (Lipinski definition) is 2. The minimum Gasteiger partial charge on any atom is -0.367 e. The van der Waals surface area contributed by atoms with Crippen molar-refractivity contribution in [3.8, 4) is 0 Å². The van der Waals surface area contributed by atoms with Crippen molar-refractivity contribution in [2.24, 2.45) is 0 Å². The van der Waals surface area contributed by atoms with Crippen LogP contribution < -0.4 is 15.5 Å². The van der Waals surface area contributed by atoms with E-state index in [1.165, 1.54) is 22.9 Å². The monoisotopic (exact) mass is 627 g/mol. The minimum absolute atomic E-state index is 0.0697. The van der Waals surface area contributed by atoms with E-state index in [1.54, 1.807) is 0 Å². The number of nitrogens with one attached hydrogen (secondary N) is 2. The molecule has 2 amide bonds. The molecule has 0 fully saturated rings. The Morgan fingerprint density at radius 1 is 0.969 bits per heavy atom. The zero-order valence-corrected chi connectivity index (χ0v) is 21.5. The molecule has 0 saturated heterocycles. The number of amides is 2. The SMILES string of the molecule is O=C(NCc1ccc2c(c1)CCN2Cc1cc(Br)c(Br)c(Br)c1)Nc1ccc(F)cc1F. The average Bonchev–Trinajstić information content (AvgIpc) is 3.14. The first-order chi connectivity index (χ1) is 15.3. The lowest BCUT2D eigenvalue weighted by Gasteiger charge is -2.20. The molecule has 4 rings (SSSR count). The molecule has 4 nitrogen and oxygen atoms in total. The van der Waals surface area contributed by atoms with E-state index in [0.29, 0.717) is 6.54 Å². The molecule has 32 heavy (non-hydrogen) atoms. The van der Waals surface area contributed by atoms with Crippen molar-refractivity contribution in [1.82, 2.24) is 5.32 Å². The van der Waals surface area contributed by atoms with Gasteiger partial charge in [0.05, 0.1) is 5.69 Å². The van der Waals surface area contributed by atoms with Crippen LogP contribution in [-0.4, -0.2) is 12.6 Å². The summed E-state index contributed by atoms with van der Waals surface area (Å²) in [5, 5.41) is 5.11. The van der Waals surface area contributed by atoms with E-state index in [2.05, 4.69) is 87.6 Å². The minimum atomic E-state index is -0.817. The summed E-state index contributed by atoms with van der Waals surface area (Å²) < 4.78 is 29.7. The first-order valence-electron chi connectivity index (χ1n) is 9.80. The van der Waals surface area contributed by atoms with Crippen LogP contribution in [0.3, 0.4) is 0 Å². The molecule has 3 aromatic rings. The van der Waals surface area contributed by atoms with Crippen LogP contribution >= 0.6 is 47.8 Å². The van der Waals surface area contributed by atoms with Crippen LogP contribution in [0.15, 0.2) is 61.9 Å². The maximum absolute atomic E-state index is 13.7. The summed E-state index contributed by atoms with van der Waals surface area (Å²) in [6.07, 6.45) is 0.926. The molecule has 0 bridgehead atoms. The number of hydrogen-bond acceptors (Lipinski definition) is 2. The van der Waals surface area contributed by atoms with Gasteiger partial charge in [-0.2, -0.15) is 0 Å². The Bertz CT molecular complexity index is 1170. The summed E-state index contributed by atoms with van der Waals surface area (Å²) in [6, 6.07) is 12.8. The summed E-state index contributed by atoms with van der Waals surface area (Å²) in [4.78, 5) is 14.4. The van der Waals surface area contributed by atoms with Crippen molar-refractivity contribution >= 4 is 65.2 Å². The first kappa shape index (κ1) is 23.2. The van der Waals surface area contributed by atoms with E-state index in [0.717, 1.165) is 50.6 Å². The van der Waals surface area contributed by atoms with Gasteiger partial charge in [0.2, 0.25) is 0 Å². The summed E-state index contributed by atoms with van der Waals surface area (Å²) in [7, 11) is 0. The van der Waals surface area contributed by atoms with Crippen molar-refractivity contribution in [1.29, 1.82) is 0 Å². The van der Waals surface area contributed by atoms with Gasteiger partial charge >= 0.3 is 6.03 Å². The Kier molecular flexibility index (Phi) is 7.17. The molecule has 1 aliphatic rings. The molecule has 9 heteroatoms. The second-order valence-electron chi connectivity index (χ2n) is 7.44. The summed E-state index contributed by atoms with van der Waals surface area (Å²) in [5.74, 6) is -1.51. The molecule has 1 heterocycles. The largest absolute Gasteiger partial charge is 0.367 e. The van der Waals surface area contributed by atoms with Gasteiger partial charge < -0.3 is 15.5 Å². The molecule has 0 spiro atoms. The van der Waals surface area contributed by atoms with Crippen LogP contribution in [0.25, 0.3) is 0 Å². The van der Waals surface area contributed by atoms with Gasteiger partial charge in [0, 0.05) is 44.8 Å². The number of carbonyl (C=O) groups excluding carboxylic acids is 1. The molecule has 0 radical (unpaired) electrons. The van der Waals surface area contributed by atoms with E-state index < -0.39 is 17.7 Å². The average molecular weight is 630 g/mol. The van der Waals surface area contributed by atoms with Crippen LogP contribution in [0.2, 0.25) is 0 Å². The maximum Gasteiger partial charge on any atom is 0.319 e. The third kappa shape index (κ3) is 5.32. The van der Waals surface area contributed by atoms with Crippen LogP contribution in [0.4, 0.5) is 25.0 Å². The zero-order valence-electron chi connectivity index (χ0n) is 16.7. The predicted octanol–water partition coefficient (Wildman–Crippen LogP) is 7.14. The highest BCUT2D eigenvalue weighted by atomic mass is 79.9. The molecule has 0 aliphatic carbocycles. The van der Waals surface area contributed by atoms with Crippen molar-refractivity contribution in [2.45, 2.75) is 19.5 Å². The quantitative estimate of drug-likeness (QED) is 0.295. The Morgan fingerprint density at radius 2 is 1.72 bits per heavy atom. The fourth-order valence-electron chi connectivity index (χ4n) is 3.66. The number of nitrogens with zero attached hydrogens (tertiary/aromatic N) is 1. The van der Waals surface area contributed by atoms with Crippen molar-refractivity contribution in [3.63, 3.8) is 0 Å². The van der Waals surface area contributed by atoms with Gasteiger partial charge in [0.25, 0.3) is 0 Å². The molecule has 166 valence electrons. The Labute approximate surface area is 209 Å². The standard InChI is InChI=1S/C23H18Br3F2N3O/c24-17-8-14(9-18(25)22(17)26)12-31-6-5-15-7-13(1-4-21(15)31)11-29-23(32)30-20-3-2-16(27)10-19(20)28/h1-4,7-10H,5-6,11-12H2,(H2,29,30,32). The lowest BCUT2D eigenvalue weighted by molar-refractivity contribution is 0.251. The maximum atomic E-state index is 13.7. The van der Waals surface area contributed by atoms with Gasteiger partial charge in [-0.15, -0.1) is 0 Å².